The molecule has 1 atom stereocenters. The van der Waals surface area contributed by atoms with Gasteiger partial charge in [0.15, 0.2) is 0 Å². The van der Waals surface area contributed by atoms with Crippen LogP contribution in [0.2, 0.25) is 0 Å². The summed E-state index contributed by atoms with van der Waals surface area (Å²) in [6, 6.07) is 25.7. The molecule has 4 nitrogen and oxygen atoms in total. The number of carbonyl (C=O) groups excluding carboxylic acids is 1. The lowest BCUT2D eigenvalue weighted by atomic mass is 9.75. The van der Waals surface area contributed by atoms with Crippen molar-refractivity contribution in [1.29, 1.82) is 0 Å². The highest BCUT2D eigenvalue weighted by Gasteiger charge is 2.41. The number of hydrogen-bond acceptors (Lipinski definition) is 3. The number of hydrogen-bond donors (Lipinski definition) is 1. The van der Waals surface area contributed by atoms with E-state index in [1.807, 2.05) is 0 Å². The van der Waals surface area contributed by atoms with Crippen molar-refractivity contribution in [2.24, 2.45) is 0 Å². The van der Waals surface area contributed by atoms with Crippen molar-refractivity contribution in [3.8, 4) is 11.5 Å². The highest BCUT2D eigenvalue weighted by atomic mass is 19.4. The molecule has 0 aliphatic rings. The Bertz CT molecular complexity index is 1460. The zero-order valence-electron chi connectivity index (χ0n) is 21.0. The van der Waals surface area contributed by atoms with Crippen LogP contribution in [-0.4, -0.2) is 18.6 Å². The van der Waals surface area contributed by atoms with E-state index >= 15 is 0 Å². The van der Waals surface area contributed by atoms with Gasteiger partial charge >= 0.3 is 12.7 Å². The highest BCUT2D eigenvalue weighted by Crippen LogP contribution is 2.41. The molecular formula is C30H23F6NO3. The maximum absolute atomic E-state index is 13.6. The van der Waals surface area contributed by atoms with Crippen molar-refractivity contribution in [2.45, 2.75) is 31.6 Å². The molecule has 40 heavy (non-hydrogen) atoms. The topological polar surface area (TPSA) is 47.6 Å². The van der Waals surface area contributed by atoms with Crippen molar-refractivity contribution in [3.05, 3.63) is 131 Å². The van der Waals surface area contributed by atoms with E-state index in [9.17, 15) is 31.1 Å². The second-order valence-corrected chi connectivity index (χ2v) is 8.94. The first-order valence-corrected chi connectivity index (χ1v) is 12.0. The van der Waals surface area contributed by atoms with Crippen molar-refractivity contribution < 1.29 is 40.6 Å². The Balaban J connectivity index is 1.99. The Labute approximate surface area is 226 Å². The largest absolute Gasteiger partial charge is 0.573 e. The van der Waals surface area contributed by atoms with Crippen LogP contribution in [0.1, 0.15) is 32.6 Å². The van der Waals surface area contributed by atoms with E-state index in [1.165, 1.54) is 31.2 Å². The molecule has 0 aliphatic carbocycles. The molecule has 0 radical (unpaired) electrons. The van der Waals surface area contributed by atoms with Crippen LogP contribution in [0.4, 0.5) is 26.3 Å². The molecule has 0 fully saturated rings. The molecule has 0 spiro atoms. The molecule has 0 saturated carbocycles. The Morgan fingerprint density at radius 2 is 1.32 bits per heavy atom. The first kappa shape index (κ1) is 28.5. The van der Waals surface area contributed by atoms with Gasteiger partial charge in [-0.1, -0.05) is 72.8 Å². The van der Waals surface area contributed by atoms with Gasteiger partial charge in [-0.25, -0.2) is 0 Å². The van der Waals surface area contributed by atoms with Crippen LogP contribution in [-0.2, 0) is 12.0 Å². The van der Waals surface area contributed by atoms with Gasteiger partial charge in [0.1, 0.15) is 11.5 Å². The fraction of sp³-hybridized carbons (Fsp3) is 0.167. The standard InChI is InChI=1S/C30H23F6NO3/c1-20-25(16-9-17-26(20)40-30(34,35)36)28(19-21-10-4-2-5-11-21,37-27(38)22-12-6-3-7-13-22)23-14-8-15-24(18-23)39-29(31,32)33/h2-18H,19H2,1H3,(H,37,38). The fourth-order valence-electron chi connectivity index (χ4n) is 4.56. The summed E-state index contributed by atoms with van der Waals surface area (Å²) >= 11 is 0. The second-order valence-electron chi connectivity index (χ2n) is 8.94. The summed E-state index contributed by atoms with van der Waals surface area (Å²) in [5.74, 6) is -1.67. The van der Waals surface area contributed by atoms with Gasteiger partial charge in [-0.05, 0) is 59.5 Å². The third kappa shape index (κ3) is 6.93. The maximum Gasteiger partial charge on any atom is 0.573 e. The molecular weight excluding hydrogens is 536 g/mol. The Hall–Kier alpha value is -4.47. The zero-order valence-corrected chi connectivity index (χ0v) is 21.0. The minimum atomic E-state index is -5.00. The van der Waals surface area contributed by atoms with Gasteiger partial charge < -0.3 is 14.8 Å². The van der Waals surface area contributed by atoms with E-state index in [1.54, 1.807) is 60.7 Å². The average Bonchev–Trinajstić information content (AvgIpc) is 2.89. The van der Waals surface area contributed by atoms with E-state index in [4.69, 9.17) is 0 Å². The lowest BCUT2D eigenvalue weighted by Crippen LogP contribution is -2.49. The summed E-state index contributed by atoms with van der Waals surface area (Å²) < 4.78 is 87.5. The molecule has 0 bridgehead atoms. The third-order valence-electron chi connectivity index (χ3n) is 6.20. The SMILES string of the molecule is Cc1c(OC(F)(F)F)cccc1C(Cc1ccccc1)(NC(=O)c1ccccc1)c1cccc(OC(F)(F)F)c1. The number of halogens is 6. The molecule has 1 N–H and O–H groups in total. The first-order valence-electron chi connectivity index (χ1n) is 12.0. The van der Waals surface area contributed by atoms with Gasteiger partial charge in [-0.2, -0.15) is 0 Å². The van der Waals surface area contributed by atoms with E-state index in [0.717, 1.165) is 18.2 Å². The summed E-state index contributed by atoms with van der Waals surface area (Å²) in [6.45, 7) is 1.39. The first-order chi connectivity index (χ1) is 18.9. The van der Waals surface area contributed by atoms with Crippen molar-refractivity contribution in [3.63, 3.8) is 0 Å². The molecule has 1 unspecified atom stereocenters. The number of benzene rings is 4. The van der Waals surface area contributed by atoms with E-state index in [-0.39, 0.29) is 28.7 Å². The number of carbonyl (C=O) groups is 1. The van der Waals surface area contributed by atoms with Crippen LogP contribution in [0, 0.1) is 6.92 Å². The summed E-state index contributed by atoms with van der Waals surface area (Å²) in [6.07, 6.45) is -10.0. The average molecular weight is 560 g/mol. The maximum atomic E-state index is 13.6. The Morgan fingerprint density at radius 1 is 0.725 bits per heavy atom. The molecule has 4 rings (SSSR count). The minimum absolute atomic E-state index is 0.0296. The molecule has 208 valence electrons. The number of nitrogens with one attached hydrogen (secondary N) is 1. The van der Waals surface area contributed by atoms with Gasteiger partial charge in [-0.15, -0.1) is 26.3 Å². The molecule has 1 amide bonds. The normalized spacial score (nSPS) is 13.3. The van der Waals surface area contributed by atoms with E-state index < -0.39 is 35.7 Å². The zero-order chi connectivity index (χ0) is 29.0. The lowest BCUT2D eigenvalue weighted by molar-refractivity contribution is -0.275. The number of amides is 1. The van der Waals surface area contributed by atoms with Gasteiger partial charge in [0.25, 0.3) is 5.91 Å². The number of ether oxygens (including phenoxy) is 2. The lowest BCUT2D eigenvalue weighted by Gasteiger charge is -2.38. The Morgan fingerprint density at radius 3 is 1.95 bits per heavy atom. The summed E-state index contributed by atoms with van der Waals surface area (Å²) in [4.78, 5) is 13.6. The fourth-order valence-corrected chi connectivity index (χ4v) is 4.56. The van der Waals surface area contributed by atoms with Gasteiger partial charge in [0, 0.05) is 12.0 Å². The minimum Gasteiger partial charge on any atom is -0.406 e. The van der Waals surface area contributed by atoms with Gasteiger partial charge in [-0.3, -0.25) is 4.79 Å². The van der Waals surface area contributed by atoms with E-state index in [0.29, 0.717) is 5.56 Å². The van der Waals surface area contributed by atoms with Gasteiger partial charge in [0.05, 0.1) is 5.54 Å². The van der Waals surface area contributed by atoms with Crippen LogP contribution in [0.5, 0.6) is 11.5 Å². The number of rotatable bonds is 8. The molecule has 4 aromatic carbocycles. The van der Waals surface area contributed by atoms with Crippen molar-refractivity contribution in [1.82, 2.24) is 5.32 Å². The highest BCUT2D eigenvalue weighted by molar-refractivity contribution is 5.95. The second kappa shape index (κ2) is 11.3. The summed E-state index contributed by atoms with van der Waals surface area (Å²) in [7, 11) is 0. The molecule has 0 aromatic heterocycles. The predicted octanol–water partition coefficient (Wildman–Crippen LogP) is 7.71. The summed E-state index contributed by atoms with van der Waals surface area (Å²) in [5, 5.41) is 2.94. The smallest absolute Gasteiger partial charge is 0.406 e. The van der Waals surface area contributed by atoms with Crippen LogP contribution >= 0.6 is 0 Å². The van der Waals surface area contributed by atoms with E-state index in [2.05, 4.69) is 14.8 Å². The monoisotopic (exact) mass is 559 g/mol. The van der Waals surface area contributed by atoms with Crippen LogP contribution < -0.4 is 14.8 Å². The van der Waals surface area contributed by atoms with Crippen molar-refractivity contribution >= 4 is 5.91 Å². The third-order valence-corrected chi connectivity index (χ3v) is 6.20. The predicted molar refractivity (Wildman–Crippen MR) is 136 cm³/mol. The molecule has 0 heterocycles. The molecule has 0 saturated heterocycles. The molecule has 4 aromatic rings. The van der Waals surface area contributed by atoms with Crippen molar-refractivity contribution in [2.75, 3.05) is 0 Å². The molecule has 10 heteroatoms. The van der Waals surface area contributed by atoms with Gasteiger partial charge in [0.2, 0.25) is 0 Å². The molecule has 0 aliphatic heterocycles. The summed E-state index contributed by atoms with van der Waals surface area (Å²) in [5.41, 5.74) is -0.399. The quantitative estimate of drug-likeness (QED) is 0.225. The van der Waals surface area contributed by atoms with Crippen LogP contribution in [0.15, 0.2) is 103 Å². The Kier molecular flexibility index (Phi) is 8.08. The van der Waals surface area contributed by atoms with Crippen LogP contribution in [0.25, 0.3) is 0 Å². The van der Waals surface area contributed by atoms with Crippen LogP contribution in [0.3, 0.4) is 0 Å². The number of alkyl halides is 6.